The number of carbonyl (C=O) groups excluding carboxylic acids is 3. The van der Waals surface area contributed by atoms with E-state index in [0.717, 1.165) is 97.3 Å². The first kappa shape index (κ1) is 47.2. The van der Waals surface area contributed by atoms with Crippen molar-refractivity contribution in [3.05, 3.63) is 128 Å². The Balaban J connectivity index is 0.790. The molecule has 4 aromatic carbocycles. The first-order valence-electron chi connectivity index (χ1n) is 23.3. The van der Waals surface area contributed by atoms with Crippen molar-refractivity contribution in [2.24, 2.45) is 0 Å². The van der Waals surface area contributed by atoms with Crippen LogP contribution in [-0.2, 0) is 42.3 Å². The average molecular weight is 924 g/mol. The number of nitrogens with one attached hydrogen (secondary N) is 4. The highest BCUT2D eigenvalue weighted by atomic mass is 32.1. The Morgan fingerprint density at radius 2 is 1.64 bits per heavy atom. The quantitative estimate of drug-likeness (QED) is 0.0381. The summed E-state index contributed by atoms with van der Waals surface area (Å²) in [4.78, 5) is 50.0. The minimum atomic E-state index is -0.659. The van der Waals surface area contributed by atoms with Gasteiger partial charge < -0.3 is 35.1 Å². The van der Waals surface area contributed by atoms with Crippen LogP contribution in [0.4, 0.5) is 5.82 Å². The molecule has 14 heteroatoms. The molecule has 2 atom stereocenters. The number of nitrogens with zero attached hydrogens (tertiary/aromatic N) is 3. The highest BCUT2D eigenvalue weighted by Gasteiger charge is 2.40. The molecule has 13 nitrogen and oxygen atoms in total. The van der Waals surface area contributed by atoms with E-state index in [4.69, 9.17) is 24.2 Å². The summed E-state index contributed by atoms with van der Waals surface area (Å²) in [6.45, 7) is 7.29. The second-order valence-corrected chi connectivity index (χ2v) is 18.3. The minimum absolute atomic E-state index is 0.0205. The van der Waals surface area contributed by atoms with E-state index in [9.17, 15) is 14.4 Å². The Hall–Kier alpha value is -6.35. The zero-order chi connectivity index (χ0) is 46.9. The summed E-state index contributed by atoms with van der Waals surface area (Å²) < 4.78 is 18.1. The number of unbranched alkanes of at least 4 members (excludes halogenated alkanes) is 4. The smallest absolute Gasteiger partial charge is 0.255 e. The zero-order valence-electron chi connectivity index (χ0n) is 39.1. The van der Waals surface area contributed by atoms with E-state index in [1.807, 2.05) is 26.1 Å². The molecule has 3 amide bonds. The highest BCUT2D eigenvalue weighted by Crippen LogP contribution is 2.41. The standard InChI is InChI=1S/C53H61N7O6S/c1-33(47-26-38(32-67-47)39-15-11-10-14-37(39)29-54-3)56-51-42-27-46(64-4)50(65-5)41(49(42)57-34(2)58-51)16-9-7-6-8-12-25-55-28-35-19-21-36(22-20-35)31-66-45-18-13-17-40-43(45)30-60(53(40)63)44-23-24-48(61)59-52(44)62/h10-11,13-15,17-22,26-27,32-33,44,54-55H,6-9,12,16,23-25,28-31H2,1-5H3,(H,56,57,58)(H,59,61,62)/t33-,44?/m0/s1. The molecule has 8 rings (SSSR count). The SMILES string of the molecule is CNCc1ccccc1-c1csc([C@H](C)Nc2nc(C)nc3c(CCCCCCCNCc4ccc(COc5cccc6c5CN(C5CCC(=O)NC5=O)C6=O)cc4)c(OC)c(OC)cc23)c1. The molecule has 6 aromatic rings. The van der Waals surface area contributed by atoms with E-state index >= 15 is 0 Å². The number of benzene rings is 4. The van der Waals surface area contributed by atoms with Gasteiger partial charge in [-0.05, 0) is 111 Å². The molecule has 0 bridgehead atoms. The fourth-order valence-electron chi connectivity index (χ4n) is 9.18. The molecule has 350 valence electrons. The first-order chi connectivity index (χ1) is 32.6. The molecular weight excluding hydrogens is 863 g/mol. The summed E-state index contributed by atoms with van der Waals surface area (Å²) in [5.41, 5.74) is 9.22. The van der Waals surface area contributed by atoms with Crippen LogP contribution < -0.4 is 35.5 Å². The van der Waals surface area contributed by atoms with Gasteiger partial charge in [-0.15, -0.1) is 11.3 Å². The molecule has 2 aliphatic rings. The van der Waals surface area contributed by atoms with Gasteiger partial charge in [0.1, 0.15) is 30.0 Å². The number of hydrogen-bond donors (Lipinski definition) is 4. The summed E-state index contributed by atoms with van der Waals surface area (Å²) >= 11 is 1.75. The number of hydrogen-bond acceptors (Lipinski definition) is 12. The van der Waals surface area contributed by atoms with E-state index in [0.29, 0.717) is 35.9 Å². The average Bonchev–Trinajstić information content (AvgIpc) is 3.96. The van der Waals surface area contributed by atoms with Crippen molar-refractivity contribution in [3.63, 3.8) is 0 Å². The molecule has 0 spiro atoms. The fraction of sp³-hybridized carbons (Fsp3) is 0.377. The Kier molecular flexibility index (Phi) is 15.5. The van der Waals surface area contributed by atoms with Crippen molar-refractivity contribution in [3.8, 4) is 28.4 Å². The van der Waals surface area contributed by atoms with Crippen molar-refractivity contribution in [1.82, 2.24) is 30.8 Å². The number of fused-ring (bicyclic) bond motifs is 2. The van der Waals surface area contributed by atoms with Crippen LogP contribution in [0.1, 0.15) is 107 Å². The van der Waals surface area contributed by atoms with Crippen molar-refractivity contribution in [2.75, 3.05) is 33.1 Å². The number of aryl methyl sites for hydroxylation is 2. The molecule has 1 unspecified atom stereocenters. The van der Waals surface area contributed by atoms with Gasteiger partial charge in [0.05, 0.1) is 32.3 Å². The molecule has 0 radical (unpaired) electrons. The van der Waals surface area contributed by atoms with E-state index in [1.54, 1.807) is 42.6 Å². The van der Waals surface area contributed by atoms with Gasteiger partial charge in [0.2, 0.25) is 11.8 Å². The molecule has 67 heavy (non-hydrogen) atoms. The van der Waals surface area contributed by atoms with E-state index in [-0.39, 0.29) is 30.8 Å². The van der Waals surface area contributed by atoms with Gasteiger partial charge in [0.15, 0.2) is 11.5 Å². The number of anilines is 1. The fourth-order valence-corrected chi connectivity index (χ4v) is 10.1. The maximum atomic E-state index is 13.2. The maximum absolute atomic E-state index is 13.2. The first-order valence-corrected chi connectivity index (χ1v) is 24.2. The summed E-state index contributed by atoms with van der Waals surface area (Å²) in [5.74, 6) is 2.59. The third kappa shape index (κ3) is 10.9. The number of ether oxygens (including phenoxy) is 3. The van der Waals surface area contributed by atoms with Gasteiger partial charge in [0.25, 0.3) is 5.91 Å². The summed E-state index contributed by atoms with van der Waals surface area (Å²) in [6, 6.07) is 26.0. The van der Waals surface area contributed by atoms with Gasteiger partial charge in [-0.3, -0.25) is 19.7 Å². The van der Waals surface area contributed by atoms with E-state index in [2.05, 4.69) is 88.2 Å². The van der Waals surface area contributed by atoms with Crippen LogP contribution in [-0.4, -0.2) is 66.4 Å². The van der Waals surface area contributed by atoms with Crippen molar-refractivity contribution in [1.29, 1.82) is 0 Å². The summed E-state index contributed by atoms with van der Waals surface area (Å²) in [7, 11) is 5.36. The molecule has 4 N–H and O–H groups in total. The summed E-state index contributed by atoms with van der Waals surface area (Å²) in [5, 5.41) is 16.1. The predicted molar refractivity (Wildman–Crippen MR) is 264 cm³/mol. The Bertz CT molecular complexity index is 2720. The molecule has 2 aliphatic heterocycles. The van der Waals surface area contributed by atoms with Gasteiger partial charge >= 0.3 is 0 Å². The minimum Gasteiger partial charge on any atom is -0.493 e. The topological polar surface area (TPSA) is 156 Å². The van der Waals surface area contributed by atoms with Crippen LogP contribution in [0.5, 0.6) is 17.2 Å². The predicted octanol–water partition coefficient (Wildman–Crippen LogP) is 9.20. The van der Waals surface area contributed by atoms with Crippen molar-refractivity contribution < 1.29 is 28.6 Å². The molecular formula is C53H61N7O6S. The van der Waals surface area contributed by atoms with Crippen LogP contribution in [0.2, 0.25) is 0 Å². The molecule has 1 fully saturated rings. The third-order valence-corrected chi connectivity index (χ3v) is 13.8. The number of carbonyl (C=O) groups is 3. The van der Waals surface area contributed by atoms with Crippen molar-refractivity contribution >= 4 is 45.8 Å². The van der Waals surface area contributed by atoms with Crippen molar-refractivity contribution in [2.45, 2.75) is 104 Å². The number of piperidine rings is 1. The maximum Gasteiger partial charge on any atom is 0.255 e. The van der Waals surface area contributed by atoms with Gasteiger partial charge in [0, 0.05) is 46.5 Å². The van der Waals surface area contributed by atoms with Crippen LogP contribution in [0.25, 0.3) is 22.0 Å². The number of amides is 3. The lowest BCUT2D eigenvalue weighted by Gasteiger charge is -2.29. The zero-order valence-corrected chi connectivity index (χ0v) is 39.9. The number of methoxy groups -OCH3 is 2. The monoisotopic (exact) mass is 923 g/mol. The molecule has 0 aliphatic carbocycles. The summed E-state index contributed by atoms with van der Waals surface area (Å²) in [6.07, 6.45) is 6.82. The second kappa shape index (κ2) is 22.0. The lowest BCUT2D eigenvalue weighted by Crippen LogP contribution is -2.52. The third-order valence-electron chi connectivity index (χ3n) is 12.7. The van der Waals surface area contributed by atoms with Crippen LogP contribution in [0.3, 0.4) is 0 Å². The molecule has 4 heterocycles. The Labute approximate surface area is 397 Å². The molecule has 0 saturated carbocycles. The largest absolute Gasteiger partial charge is 0.493 e. The van der Waals surface area contributed by atoms with E-state index < -0.39 is 11.9 Å². The Morgan fingerprint density at radius 1 is 0.866 bits per heavy atom. The van der Waals surface area contributed by atoms with E-state index in [1.165, 1.54) is 27.1 Å². The van der Waals surface area contributed by atoms with Gasteiger partial charge in [-0.2, -0.15) is 0 Å². The normalized spacial score (nSPS) is 15.1. The molecule has 1 saturated heterocycles. The number of rotatable bonds is 22. The van der Waals surface area contributed by atoms with Crippen LogP contribution in [0, 0.1) is 6.92 Å². The number of aromatic nitrogens is 2. The van der Waals surface area contributed by atoms with Gasteiger partial charge in [-0.25, -0.2) is 9.97 Å². The molecule has 2 aromatic heterocycles. The van der Waals surface area contributed by atoms with Crippen LogP contribution in [0.15, 0.2) is 84.2 Å². The van der Waals surface area contributed by atoms with Crippen LogP contribution >= 0.6 is 11.3 Å². The lowest BCUT2D eigenvalue weighted by atomic mass is 10.00. The van der Waals surface area contributed by atoms with Gasteiger partial charge in [-0.1, -0.05) is 73.9 Å². The second-order valence-electron chi connectivity index (χ2n) is 17.4. The lowest BCUT2D eigenvalue weighted by molar-refractivity contribution is -0.136. The number of thiophene rings is 1. The number of imide groups is 1. The Morgan fingerprint density at radius 3 is 2.43 bits per heavy atom. The highest BCUT2D eigenvalue weighted by molar-refractivity contribution is 7.10.